The quantitative estimate of drug-likeness (QED) is 0.771. The van der Waals surface area contributed by atoms with Gasteiger partial charge in [0.15, 0.2) is 0 Å². The number of rotatable bonds is 6. The van der Waals surface area contributed by atoms with E-state index in [1.165, 1.54) is 12.1 Å². The normalized spacial score (nSPS) is 10.5. The van der Waals surface area contributed by atoms with Crippen molar-refractivity contribution in [1.29, 1.82) is 0 Å². The largest absolute Gasteiger partial charge is 0.326 e. The number of anilines is 1. The first-order valence-electron chi connectivity index (χ1n) is 6.74. The van der Waals surface area contributed by atoms with E-state index in [4.69, 9.17) is 23.2 Å². The van der Waals surface area contributed by atoms with Crippen LogP contribution in [0.15, 0.2) is 42.5 Å². The Morgan fingerprint density at radius 2 is 1.68 bits per heavy atom. The van der Waals surface area contributed by atoms with E-state index in [-0.39, 0.29) is 11.7 Å². The third-order valence-corrected chi connectivity index (χ3v) is 3.35. The second kappa shape index (κ2) is 8.13. The summed E-state index contributed by atoms with van der Waals surface area (Å²) in [4.78, 5) is 11.8. The van der Waals surface area contributed by atoms with Crippen molar-refractivity contribution >= 4 is 34.8 Å². The SMILES string of the molecule is O=C(CCNCc1ccc(F)cc1)Nc1cc(Cl)cc(Cl)c1. The van der Waals surface area contributed by atoms with E-state index in [9.17, 15) is 9.18 Å². The van der Waals surface area contributed by atoms with Gasteiger partial charge in [-0.15, -0.1) is 0 Å². The lowest BCUT2D eigenvalue weighted by Crippen LogP contribution is -2.21. The standard InChI is InChI=1S/C16H15Cl2FN2O/c17-12-7-13(18)9-15(8-12)21-16(22)5-6-20-10-11-1-3-14(19)4-2-11/h1-4,7-9,20H,5-6,10H2,(H,21,22). The Bertz CT molecular complexity index is 627. The molecular weight excluding hydrogens is 326 g/mol. The van der Waals surface area contributed by atoms with E-state index < -0.39 is 0 Å². The molecule has 6 heteroatoms. The lowest BCUT2D eigenvalue weighted by molar-refractivity contribution is -0.116. The van der Waals surface area contributed by atoms with Gasteiger partial charge in [-0.2, -0.15) is 0 Å². The first kappa shape index (κ1) is 16.7. The van der Waals surface area contributed by atoms with Crippen LogP contribution >= 0.6 is 23.2 Å². The zero-order valence-corrected chi connectivity index (χ0v) is 13.2. The Hall–Kier alpha value is -1.62. The van der Waals surface area contributed by atoms with Gasteiger partial charge in [0.2, 0.25) is 5.91 Å². The van der Waals surface area contributed by atoms with Crippen molar-refractivity contribution in [3.05, 3.63) is 63.9 Å². The van der Waals surface area contributed by atoms with Crippen molar-refractivity contribution in [3.8, 4) is 0 Å². The molecular formula is C16H15Cl2FN2O. The van der Waals surface area contributed by atoms with E-state index in [0.29, 0.717) is 35.2 Å². The molecule has 2 aromatic rings. The highest BCUT2D eigenvalue weighted by atomic mass is 35.5. The molecule has 0 atom stereocenters. The van der Waals surface area contributed by atoms with E-state index in [1.54, 1.807) is 30.3 Å². The molecule has 0 saturated carbocycles. The maximum atomic E-state index is 12.8. The van der Waals surface area contributed by atoms with Crippen molar-refractivity contribution in [2.75, 3.05) is 11.9 Å². The minimum atomic E-state index is -0.261. The summed E-state index contributed by atoms with van der Waals surface area (Å²) in [7, 11) is 0. The molecule has 0 aromatic heterocycles. The van der Waals surface area contributed by atoms with Crippen LogP contribution in [0.3, 0.4) is 0 Å². The van der Waals surface area contributed by atoms with Gasteiger partial charge in [-0.05, 0) is 35.9 Å². The number of amides is 1. The first-order valence-corrected chi connectivity index (χ1v) is 7.49. The van der Waals surface area contributed by atoms with Gasteiger partial charge in [0, 0.05) is 35.2 Å². The average Bonchev–Trinajstić information content (AvgIpc) is 2.44. The van der Waals surface area contributed by atoms with Crippen LogP contribution in [0.4, 0.5) is 10.1 Å². The summed E-state index contributed by atoms with van der Waals surface area (Å²) in [6.07, 6.45) is 0.311. The molecule has 0 saturated heterocycles. The Morgan fingerprint density at radius 3 is 2.32 bits per heavy atom. The maximum absolute atomic E-state index is 12.8. The van der Waals surface area contributed by atoms with Gasteiger partial charge in [0.25, 0.3) is 0 Å². The summed E-state index contributed by atoms with van der Waals surface area (Å²) in [5, 5.41) is 6.80. The highest BCUT2D eigenvalue weighted by Crippen LogP contribution is 2.22. The third-order valence-electron chi connectivity index (χ3n) is 2.92. The van der Waals surface area contributed by atoms with Crippen LogP contribution < -0.4 is 10.6 Å². The molecule has 0 unspecified atom stereocenters. The summed E-state index contributed by atoms with van der Waals surface area (Å²) in [6.45, 7) is 1.09. The van der Waals surface area contributed by atoms with Crippen molar-refractivity contribution in [1.82, 2.24) is 5.32 Å². The van der Waals surface area contributed by atoms with Gasteiger partial charge in [-0.25, -0.2) is 4.39 Å². The number of nitrogens with one attached hydrogen (secondary N) is 2. The predicted octanol–water partition coefficient (Wildman–Crippen LogP) is 4.25. The van der Waals surface area contributed by atoms with Crippen molar-refractivity contribution in [3.63, 3.8) is 0 Å². The van der Waals surface area contributed by atoms with Crippen molar-refractivity contribution in [2.24, 2.45) is 0 Å². The molecule has 2 rings (SSSR count). The topological polar surface area (TPSA) is 41.1 Å². The van der Waals surface area contributed by atoms with Crippen molar-refractivity contribution in [2.45, 2.75) is 13.0 Å². The van der Waals surface area contributed by atoms with Gasteiger partial charge >= 0.3 is 0 Å². The number of carbonyl (C=O) groups is 1. The predicted molar refractivity (Wildman–Crippen MR) is 87.8 cm³/mol. The van der Waals surface area contributed by atoms with Crippen LogP contribution in [-0.2, 0) is 11.3 Å². The molecule has 2 N–H and O–H groups in total. The van der Waals surface area contributed by atoms with Crippen LogP contribution in [0.2, 0.25) is 10.0 Å². The summed E-state index contributed by atoms with van der Waals surface area (Å²) in [5.74, 6) is -0.395. The van der Waals surface area contributed by atoms with Gasteiger partial charge in [0.05, 0.1) is 0 Å². The Balaban J connectivity index is 1.72. The van der Waals surface area contributed by atoms with Gasteiger partial charge in [0.1, 0.15) is 5.82 Å². The van der Waals surface area contributed by atoms with Crippen LogP contribution in [0, 0.1) is 5.82 Å². The number of halogens is 3. The average molecular weight is 341 g/mol. The fourth-order valence-corrected chi connectivity index (χ4v) is 2.41. The molecule has 0 aliphatic rings. The molecule has 0 spiro atoms. The molecule has 1 amide bonds. The lowest BCUT2D eigenvalue weighted by Gasteiger charge is -2.07. The molecule has 2 aromatic carbocycles. The maximum Gasteiger partial charge on any atom is 0.225 e. The zero-order valence-electron chi connectivity index (χ0n) is 11.7. The number of hydrogen-bond donors (Lipinski definition) is 2. The fourth-order valence-electron chi connectivity index (χ4n) is 1.89. The van der Waals surface area contributed by atoms with E-state index >= 15 is 0 Å². The van der Waals surface area contributed by atoms with Crippen LogP contribution in [0.5, 0.6) is 0 Å². The highest BCUT2D eigenvalue weighted by Gasteiger charge is 2.04. The molecule has 0 radical (unpaired) electrons. The minimum absolute atomic E-state index is 0.134. The monoisotopic (exact) mass is 340 g/mol. The molecule has 0 bridgehead atoms. The van der Waals surface area contributed by atoms with E-state index in [1.807, 2.05) is 0 Å². The number of hydrogen-bond acceptors (Lipinski definition) is 2. The second-order valence-electron chi connectivity index (χ2n) is 4.76. The smallest absolute Gasteiger partial charge is 0.225 e. The molecule has 0 aliphatic heterocycles. The first-order chi connectivity index (χ1) is 10.5. The fraction of sp³-hybridized carbons (Fsp3) is 0.188. The Morgan fingerprint density at radius 1 is 1.05 bits per heavy atom. The van der Waals surface area contributed by atoms with Gasteiger partial charge in [-0.1, -0.05) is 35.3 Å². The van der Waals surface area contributed by atoms with Crippen LogP contribution in [-0.4, -0.2) is 12.5 Å². The number of carbonyl (C=O) groups excluding carboxylic acids is 1. The van der Waals surface area contributed by atoms with Crippen molar-refractivity contribution < 1.29 is 9.18 Å². The minimum Gasteiger partial charge on any atom is -0.326 e. The molecule has 116 valence electrons. The van der Waals surface area contributed by atoms with E-state index in [0.717, 1.165) is 5.56 Å². The summed E-state index contributed by atoms with van der Waals surface area (Å²) in [5.41, 5.74) is 1.53. The zero-order chi connectivity index (χ0) is 15.9. The van der Waals surface area contributed by atoms with Crippen LogP contribution in [0.1, 0.15) is 12.0 Å². The summed E-state index contributed by atoms with van der Waals surface area (Å²) in [6, 6.07) is 11.1. The Kier molecular flexibility index (Phi) is 6.19. The lowest BCUT2D eigenvalue weighted by atomic mass is 10.2. The van der Waals surface area contributed by atoms with E-state index in [2.05, 4.69) is 10.6 Å². The molecule has 0 heterocycles. The molecule has 0 aliphatic carbocycles. The Labute approximate surface area is 138 Å². The summed E-state index contributed by atoms with van der Waals surface area (Å²) >= 11 is 11.7. The second-order valence-corrected chi connectivity index (χ2v) is 5.63. The van der Waals surface area contributed by atoms with Gasteiger partial charge in [-0.3, -0.25) is 4.79 Å². The summed E-state index contributed by atoms with van der Waals surface area (Å²) < 4.78 is 12.8. The van der Waals surface area contributed by atoms with Gasteiger partial charge < -0.3 is 10.6 Å². The number of benzene rings is 2. The third kappa shape index (κ3) is 5.64. The van der Waals surface area contributed by atoms with Crippen LogP contribution in [0.25, 0.3) is 0 Å². The molecule has 0 fully saturated rings. The highest BCUT2D eigenvalue weighted by molar-refractivity contribution is 6.35. The molecule has 22 heavy (non-hydrogen) atoms. The molecule has 3 nitrogen and oxygen atoms in total.